The molecule has 1 aliphatic carbocycles. The second kappa shape index (κ2) is 5.81. The number of nitriles is 1. The number of nitrogens with zero attached hydrogens (tertiary/aromatic N) is 1. The van der Waals surface area contributed by atoms with Gasteiger partial charge >= 0.3 is 5.97 Å². The maximum absolute atomic E-state index is 11.5. The zero-order valence-electron chi connectivity index (χ0n) is 11.7. The summed E-state index contributed by atoms with van der Waals surface area (Å²) < 4.78 is 0. The lowest BCUT2D eigenvalue weighted by atomic mass is 9.86. The van der Waals surface area contributed by atoms with Gasteiger partial charge < -0.3 is 16.2 Å². The molecule has 108 valence electrons. The van der Waals surface area contributed by atoms with Crippen molar-refractivity contribution in [2.24, 2.45) is 5.73 Å². The SMILES string of the molecule is CC1(N)C=CC=C(C(Nc2ccc(C#N)cc2)C(=O)O)C1. The van der Waals surface area contributed by atoms with E-state index in [4.69, 9.17) is 11.0 Å². The molecule has 0 aliphatic heterocycles. The topological polar surface area (TPSA) is 99.1 Å². The van der Waals surface area contributed by atoms with Gasteiger partial charge in [-0.25, -0.2) is 4.79 Å². The monoisotopic (exact) mass is 283 g/mol. The highest BCUT2D eigenvalue weighted by Crippen LogP contribution is 2.25. The first-order chi connectivity index (χ1) is 9.91. The van der Waals surface area contributed by atoms with Gasteiger partial charge in [-0.15, -0.1) is 0 Å². The maximum atomic E-state index is 11.5. The fourth-order valence-corrected chi connectivity index (χ4v) is 2.27. The molecule has 1 aromatic rings. The second-order valence-electron chi connectivity index (χ2n) is 5.39. The largest absolute Gasteiger partial charge is 0.479 e. The molecule has 1 aliphatic rings. The quantitative estimate of drug-likeness (QED) is 0.785. The van der Waals surface area contributed by atoms with E-state index in [1.165, 1.54) is 0 Å². The molecule has 0 radical (unpaired) electrons. The van der Waals surface area contributed by atoms with Gasteiger partial charge in [0.1, 0.15) is 6.04 Å². The molecule has 2 rings (SSSR count). The van der Waals surface area contributed by atoms with Crippen LogP contribution in [-0.4, -0.2) is 22.7 Å². The van der Waals surface area contributed by atoms with E-state index in [1.54, 1.807) is 36.4 Å². The van der Waals surface area contributed by atoms with Crippen LogP contribution in [0.2, 0.25) is 0 Å². The number of hydrogen-bond donors (Lipinski definition) is 3. The first kappa shape index (κ1) is 14.8. The molecule has 2 unspecified atom stereocenters. The van der Waals surface area contributed by atoms with Crippen LogP contribution < -0.4 is 11.1 Å². The Morgan fingerprint density at radius 1 is 1.48 bits per heavy atom. The highest BCUT2D eigenvalue weighted by molar-refractivity contribution is 5.81. The van der Waals surface area contributed by atoms with Gasteiger partial charge in [0.25, 0.3) is 0 Å². The number of carboxylic acids is 1. The van der Waals surface area contributed by atoms with Crippen LogP contribution in [0.1, 0.15) is 18.9 Å². The number of nitrogens with two attached hydrogens (primary N) is 1. The summed E-state index contributed by atoms with van der Waals surface area (Å²) in [6, 6.07) is 7.85. The molecule has 5 nitrogen and oxygen atoms in total. The summed E-state index contributed by atoms with van der Waals surface area (Å²) >= 11 is 0. The predicted octanol–water partition coefficient (Wildman–Crippen LogP) is 2.03. The standard InChI is InChI=1S/C16H17N3O2/c1-16(18)8-2-3-12(9-16)14(15(20)21)19-13-6-4-11(10-17)5-7-13/h2-8,14,19H,9,18H2,1H3,(H,20,21). The van der Waals surface area contributed by atoms with Crippen molar-refractivity contribution >= 4 is 11.7 Å². The molecule has 0 saturated carbocycles. The van der Waals surface area contributed by atoms with Crippen molar-refractivity contribution in [3.05, 3.63) is 53.6 Å². The second-order valence-corrected chi connectivity index (χ2v) is 5.39. The number of anilines is 1. The average molecular weight is 283 g/mol. The lowest BCUT2D eigenvalue weighted by Crippen LogP contribution is -2.40. The minimum absolute atomic E-state index is 0.476. The highest BCUT2D eigenvalue weighted by Gasteiger charge is 2.28. The van der Waals surface area contributed by atoms with Crippen LogP contribution in [0.5, 0.6) is 0 Å². The van der Waals surface area contributed by atoms with E-state index in [9.17, 15) is 9.90 Å². The smallest absolute Gasteiger partial charge is 0.330 e. The number of benzene rings is 1. The Balaban J connectivity index is 2.20. The molecule has 0 heterocycles. The number of aliphatic carboxylic acids is 1. The molecule has 1 aromatic carbocycles. The highest BCUT2D eigenvalue weighted by atomic mass is 16.4. The molecule has 5 heteroatoms. The Morgan fingerprint density at radius 2 is 2.14 bits per heavy atom. The van der Waals surface area contributed by atoms with Crippen molar-refractivity contribution in [3.8, 4) is 6.07 Å². The Kier molecular flexibility index (Phi) is 4.10. The van der Waals surface area contributed by atoms with Gasteiger partial charge in [0.05, 0.1) is 11.6 Å². The van der Waals surface area contributed by atoms with E-state index in [0.29, 0.717) is 17.7 Å². The van der Waals surface area contributed by atoms with E-state index >= 15 is 0 Å². The van der Waals surface area contributed by atoms with Crippen molar-refractivity contribution in [3.63, 3.8) is 0 Å². The normalized spacial score (nSPS) is 22.0. The van der Waals surface area contributed by atoms with Gasteiger partial charge in [-0.3, -0.25) is 0 Å². The van der Waals surface area contributed by atoms with Crippen molar-refractivity contribution in [2.75, 3.05) is 5.32 Å². The molecular formula is C16H17N3O2. The molecule has 0 amide bonds. The number of carboxylic acid groups (broad SMARTS) is 1. The van der Waals surface area contributed by atoms with Crippen LogP contribution in [0.15, 0.2) is 48.1 Å². The van der Waals surface area contributed by atoms with Gasteiger partial charge in [-0.2, -0.15) is 5.26 Å². The van der Waals surface area contributed by atoms with Crippen LogP contribution in [0, 0.1) is 11.3 Å². The van der Waals surface area contributed by atoms with E-state index in [2.05, 4.69) is 5.32 Å². The summed E-state index contributed by atoms with van der Waals surface area (Å²) in [7, 11) is 0. The van der Waals surface area contributed by atoms with Gasteiger partial charge in [0.2, 0.25) is 0 Å². The number of hydrogen-bond acceptors (Lipinski definition) is 4. The Labute approximate surface area is 123 Å². The summed E-state index contributed by atoms with van der Waals surface area (Å²) in [4.78, 5) is 11.5. The number of allylic oxidation sites excluding steroid dienone is 2. The molecule has 0 aromatic heterocycles. The third-order valence-corrected chi connectivity index (χ3v) is 3.32. The molecule has 0 spiro atoms. The Morgan fingerprint density at radius 3 is 2.67 bits per heavy atom. The first-order valence-electron chi connectivity index (χ1n) is 6.58. The van der Waals surface area contributed by atoms with Gasteiger partial charge in [-0.1, -0.05) is 18.2 Å². The lowest BCUT2D eigenvalue weighted by molar-refractivity contribution is -0.137. The number of nitrogens with one attached hydrogen (secondary N) is 1. The molecule has 0 saturated heterocycles. The third kappa shape index (κ3) is 3.71. The summed E-state index contributed by atoms with van der Waals surface area (Å²) in [5.74, 6) is -0.961. The zero-order chi connectivity index (χ0) is 15.5. The van der Waals surface area contributed by atoms with Crippen molar-refractivity contribution in [1.82, 2.24) is 0 Å². The third-order valence-electron chi connectivity index (χ3n) is 3.32. The van der Waals surface area contributed by atoms with Gasteiger partial charge in [0.15, 0.2) is 0 Å². The minimum Gasteiger partial charge on any atom is -0.479 e. The van der Waals surface area contributed by atoms with Crippen LogP contribution in [0.25, 0.3) is 0 Å². The Hall–Kier alpha value is -2.58. The average Bonchev–Trinajstić information content (AvgIpc) is 2.44. The Bertz CT molecular complexity index is 636. The van der Waals surface area contributed by atoms with E-state index in [1.807, 2.05) is 19.1 Å². The predicted molar refractivity (Wildman–Crippen MR) is 80.6 cm³/mol. The summed E-state index contributed by atoms with van der Waals surface area (Å²) in [5, 5.41) is 21.2. The van der Waals surface area contributed by atoms with Crippen LogP contribution in [0.4, 0.5) is 5.69 Å². The van der Waals surface area contributed by atoms with Gasteiger partial charge in [0, 0.05) is 11.2 Å². The molecule has 0 fully saturated rings. The maximum Gasteiger partial charge on any atom is 0.330 e. The van der Waals surface area contributed by atoms with Crippen molar-refractivity contribution < 1.29 is 9.90 Å². The fourth-order valence-electron chi connectivity index (χ4n) is 2.27. The molecule has 21 heavy (non-hydrogen) atoms. The molecule has 2 atom stereocenters. The van der Waals surface area contributed by atoms with E-state index < -0.39 is 17.6 Å². The van der Waals surface area contributed by atoms with Gasteiger partial charge in [-0.05, 0) is 43.2 Å². The molecule has 4 N–H and O–H groups in total. The zero-order valence-corrected chi connectivity index (χ0v) is 11.7. The van der Waals surface area contributed by atoms with Crippen molar-refractivity contribution in [1.29, 1.82) is 5.26 Å². The minimum atomic E-state index is -0.961. The molecule has 0 bridgehead atoms. The number of carbonyl (C=O) groups is 1. The summed E-state index contributed by atoms with van der Waals surface area (Å²) in [6.45, 7) is 1.86. The first-order valence-corrected chi connectivity index (χ1v) is 6.58. The molecular weight excluding hydrogens is 266 g/mol. The summed E-state index contributed by atoms with van der Waals surface area (Å²) in [6.07, 6.45) is 5.90. The summed E-state index contributed by atoms with van der Waals surface area (Å²) in [5.41, 5.74) is 7.42. The van der Waals surface area contributed by atoms with Crippen molar-refractivity contribution in [2.45, 2.75) is 24.9 Å². The van der Waals surface area contributed by atoms with E-state index in [-0.39, 0.29) is 0 Å². The lowest BCUT2D eigenvalue weighted by Gasteiger charge is -2.28. The van der Waals surface area contributed by atoms with Crippen LogP contribution in [-0.2, 0) is 4.79 Å². The van der Waals surface area contributed by atoms with Crippen LogP contribution in [0.3, 0.4) is 0 Å². The number of rotatable bonds is 4. The fraction of sp³-hybridized carbons (Fsp3) is 0.250. The van der Waals surface area contributed by atoms with Crippen LogP contribution >= 0.6 is 0 Å². The van der Waals surface area contributed by atoms with E-state index in [0.717, 1.165) is 5.57 Å².